The molecule has 0 spiro atoms. The number of hydrogen-bond acceptors (Lipinski definition) is 5. The van der Waals surface area contributed by atoms with Crippen LogP contribution in [-0.4, -0.2) is 38.0 Å². The largest absolute Gasteiger partial charge is 0.335 e. The molecule has 3 rings (SSSR count). The Bertz CT molecular complexity index is 708. The molecular weight excluding hydrogens is 386 g/mol. The average Bonchev–Trinajstić information content (AvgIpc) is 3.12. The van der Waals surface area contributed by atoms with E-state index in [0.717, 1.165) is 44.3 Å². The Labute approximate surface area is 177 Å². The summed E-state index contributed by atoms with van der Waals surface area (Å²) in [6.07, 6.45) is 13.3. The van der Waals surface area contributed by atoms with E-state index >= 15 is 0 Å². The van der Waals surface area contributed by atoms with Gasteiger partial charge in [-0.15, -0.1) is 16.8 Å². The van der Waals surface area contributed by atoms with Gasteiger partial charge in [-0.05, 0) is 32.6 Å². The van der Waals surface area contributed by atoms with Crippen molar-refractivity contribution in [1.82, 2.24) is 25.4 Å². The van der Waals surface area contributed by atoms with Gasteiger partial charge >= 0.3 is 6.03 Å². The molecule has 1 heterocycles. The molecule has 1 aromatic rings. The van der Waals surface area contributed by atoms with Crippen LogP contribution < -0.4 is 10.6 Å². The number of carbonyl (C=O) groups excluding carboxylic acids is 2. The van der Waals surface area contributed by atoms with Crippen LogP contribution in [0.3, 0.4) is 0 Å². The number of hydrogen-bond donors (Lipinski definition) is 2. The number of imide groups is 1. The van der Waals surface area contributed by atoms with E-state index in [0.29, 0.717) is 17.6 Å². The molecule has 0 aromatic carbocycles. The number of thioether (sulfide) groups is 1. The smallest absolute Gasteiger partial charge is 0.321 e. The highest BCUT2D eigenvalue weighted by Crippen LogP contribution is 2.34. The van der Waals surface area contributed by atoms with Gasteiger partial charge in [-0.1, -0.05) is 56.4 Å². The maximum absolute atomic E-state index is 12.5. The van der Waals surface area contributed by atoms with Crippen LogP contribution in [0, 0.1) is 0 Å². The summed E-state index contributed by atoms with van der Waals surface area (Å²) < 4.78 is 2.07. The van der Waals surface area contributed by atoms with Crippen molar-refractivity contribution in [3.8, 4) is 0 Å². The van der Waals surface area contributed by atoms with Crippen molar-refractivity contribution in [3.05, 3.63) is 18.5 Å². The van der Waals surface area contributed by atoms with Crippen molar-refractivity contribution in [2.24, 2.45) is 0 Å². The summed E-state index contributed by atoms with van der Waals surface area (Å²) in [5.74, 6) is 1.11. The van der Waals surface area contributed by atoms with Crippen LogP contribution >= 0.6 is 11.8 Å². The van der Waals surface area contributed by atoms with Crippen molar-refractivity contribution < 1.29 is 9.59 Å². The molecule has 0 unspecified atom stereocenters. The summed E-state index contributed by atoms with van der Waals surface area (Å²) in [6, 6.07) is -0.224. The molecule has 2 N–H and O–H groups in total. The minimum atomic E-state index is -0.445. The second kappa shape index (κ2) is 10.8. The molecule has 0 aliphatic heterocycles. The van der Waals surface area contributed by atoms with Gasteiger partial charge in [0.05, 0.1) is 5.25 Å². The lowest BCUT2D eigenvalue weighted by molar-refractivity contribution is -0.119. The van der Waals surface area contributed by atoms with Crippen LogP contribution in [0.1, 0.15) is 82.9 Å². The van der Waals surface area contributed by atoms with Crippen molar-refractivity contribution in [3.63, 3.8) is 0 Å². The Balaban J connectivity index is 1.57. The van der Waals surface area contributed by atoms with Gasteiger partial charge in [0.1, 0.15) is 5.82 Å². The molecule has 0 saturated heterocycles. The van der Waals surface area contributed by atoms with Crippen LogP contribution in [0.2, 0.25) is 0 Å². The number of amides is 3. The van der Waals surface area contributed by atoms with Crippen molar-refractivity contribution >= 4 is 23.7 Å². The number of nitrogens with one attached hydrogen (secondary N) is 2. The van der Waals surface area contributed by atoms with Gasteiger partial charge in [-0.3, -0.25) is 10.1 Å². The summed E-state index contributed by atoms with van der Waals surface area (Å²) in [6.45, 7) is 6.27. The normalized spacial score (nSPS) is 19.5. The molecule has 2 aliphatic carbocycles. The summed E-state index contributed by atoms with van der Waals surface area (Å²) in [7, 11) is 0. The first-order valence-electron chi connectivity index (χ1n) is 10.9. The molecule has 0 radical (unpaired) electrons. The average molecular weight is 420 g/mol. The lowest BCUT2D eigenvalue weighted by Crippen LogP contribution is -2.47. The zero-order chi connectivity index (χ0) is 20.6. The summed E-state index contributed by atoms with van der Waals surface area (Å²) >= 11 is 1.34. The molecule has 7 nitrogen and oxygen atoms in total. The van der Waals surface area contributed by atoms with E-state index in [1.807, 2.05) is 6.08 Å². The van der Waals surface area contributed by atoms with Crippen molar-refractivity contribution in [2.75, 3.05) is 0 Å². The number of carbonyl (C=O) groups is 2. The van der Waals surface area contributed by atoms with E-state index in [-0.39, 0.29) is 11.9 Å². The zero-order valence-electron chi connectivity index (χ0n) is 17.4. The SMILES string of the molecule is C=CCn1c(S[C@H](C)C(=O)NC(=O)NC2CCCCC2)nnc1C1CCCCC1. The van der Waals surface area contributed by atoms with Crippen LogP contribution in [-0.2, 0) is 11.3 Å². The quantitative estimate of drug-likeness (QED) is 0.512. The molecule has 8 heteroatoms. The zero-order valence-corrected chi connectivity index (χ0v) is 18.2. The first kappa shape index (κ1) is 21.9. The van der Waals surface area contributed by atoms with E-state index < -0.39 is 11.3 Å². The topological polar surface area (TPSA) is 88.9 Å². The molecule has 2 saturated carbocycles. The Kier molecular flexibility index (Phi) is 8.15. The number of allylic oxidation sites excluding steroid dienone is 1. The second-order valence-electron chi connectivity index (χ2n) is 8.13. The minimum Gasteiger partial charge on any atom is -0.335 e. The van der Waals surface area contributed by atoms with Gasteiger partial charge < -0.3 is 9.88 Å². The lowest BCUT2D eigenvalue weighted by Gasteiger charge is -2.23. The van der Waals surface area contributed by atoms with E-state index in [4.69, 9.17) is 0 Å². The van der Waals surface area contributed by atoms with E-state index in [9.17, 15) is 9.59 Å². The fraction of sp³-hybridized carbons (Fsp3) is 0.714. The first-order chi connectivity index (χ1) is 14.1. The third kappa shape index (κ3) is 6.07. The van der Waals surface area contributed by atoms with Gasteiger partial charge in [0.15, 0.2) is 5.16 Å². The Hall–Kier alpha value is -1.83. The first-order valence-corrected chi connectivity index (χ1v) is 11.8. The lowest BCUT2D eigenvalue weighted by atomic mass is 9.89. The number of urea groups is 1. The third-order valence-electron chi connectivity index (χ3n) is 5.86. The monoisotopic (exact) mass is 419 g/mol. The van der Waals surface area contributed by atoms with E-state index in [1.54, 1.807) is 6.92 Å². The van der Waals surface area contributed by atoms with E-state index in [2.05, 4.69) is 32.0 Å². The van der Waals surface area contributed by atoms with Crippen LogP contribution in [0.15, 0.2) is 17.8 Å². The van der Waals surface area contributed by atoms with Gasteiger partial charge in [0, 0.05) is 18.5 Å². The van der Waals surface area contributed by atoms with Crippen LogP contribution in [0.5, 0.6) is 0 Å². The van der Waals surface area contributed by atoms with Crippen molar-refractivity contribution in [1.29, 1.82) is 0 Å². The minimum absolute atomic E-state index is 0.174. The van der Waals surface area contributed by atoms with Gasteiger partial charge in [0.2, 0.25) is 5.91 Å². The van der Waals surface area contributed by atoms with Gasteiger partial charge in [0.25, 0.3) is 0 Å². The molecule has 160 valence electrons. The summed E-state index contributed by atoms with van der Waals surface area (Å²) in [5.41, 5.74) is 0. The standard InChI is InChI=1S/C21H33N5O2S/c1-3-14-26-18(16-10-6-4-7-11-16)24-25-21(26)29-15(2)19(27)23-20(28)22-17-12-8-5-9-13-17/h3,15-17H,1,4-14H2,2H3,(H2,22,23,27,28)/t15-/m1/s1. The molecule has 3 amide bonds. The number of aromatic nitrogens is 3. The predicted molar refractivity (Wildman–Crippen MR) is 115 cm³/mol. The summed E-state index contributed by atoms with van der Waals surface area (Å²) in [4.78, 5) is 24.7. The Morgan fingerprint density at radius 3 is 2.45 bits per heavy atom. The Morgan fingerprint density at radius 2 is 1.79 bits per heavy atom. The number of rotatable bonds is 7. The third-order valence-corrected chi connectivity index (χ3v) is 6.94. The molecule has 29 heavy (non-hydrogen) atoms. The maximum atomic E-state index is 12.5. The van der Waals surface area contributed by atoms with Crippen LogP contribution in [0.25, 0.3) is 0 Å². The highest BCUT2D eigenvalue weighted by atomic mass is 32.2. The van der Waals surface area contributed by atoms with E-state index in [1.165, 1.54) is 37.4 Å². The fourth-order valence-electron chi connectivity index (χ4n) is 4.24. The molecule has 2 fully saturated rings. The fourth-order valence-corrected chi connectivity index (χ4v) is 5.11. The summed E-state index contributed by atoms with van der Waals surface area (Å²) in [5, 5.41) is 14.5. The van der Waals surface area contributed by atoms with Crippen molar-refractivity contribution in [2.45, 2.75) is 100 Å². The van der Waals surface area contributed by atoms with Crippen LogP contribution in [0.4, 0.5) is 4.79 Å². The highest BCUT2D eigenvalue weighted by molar-refractivity contribution is 8.00. The number of nitrogens with zero attached hydrogens (tertiary/aromatic N) is 3. The molecule has 1 atom stereocenters. The Morgan fingerprint density at radius 1 is 1.14 bits per heavy atom. The van der Waals surface area contributed by atoms with Gasteiger partial charge in [-0.25, -0.2) is 4.79 Å². The van der Waals surface area contributed by atoms with Gasteiger partial charge in [-0.2, -0.15) is 0 Å². The second-order valence-corrected chi connectivity index (χ2v) is 9.44. The maximum Gasteiger partial charge on any atom is 0.321 e. The molecule has 1 aromatic heterocycles. The highest BCUT2D eigenvalue weighted by Gasteiger charge is 2.26. The predicted octanol–water partition coefficient (Wildman–Crippen LogP) is 4.15. The molecule has 2 aliphatic rings. The molecule has 0 bridgehead atoms. The molecular formula is C21H33N5O2S.